The maximum atomic E-state index is 13.7. The zero-order valence-electron chi connectivity index (χ0n) is 14.0. The molecule has 0 bridgehead atoms. The van der Waals surface area contributed by atoms with Gasteiger partial charge in [-0.2, -0.15) is 0 Å². The molecule has 3 aromatic rings. The normalized spacial score (nSPS) is 12.0. The van der Waals surface area contributed by atoms with Crippen LogP contribution in [0.25, 0.3) is 0 Å². The van der Waals surface area contributed by atoms with Crippen molar-refractivity contribution in [3.8, 4) is 5.75 Å². The molecule has 2 N–H and O–H groups in total. The zero-order chi connectivity index (χ0) is 18.7. The van der Waals surface area contributed by atoms with Crippen molar-refractivity contribution in [1.82, 2.24) is 14.9 Å². The molecule has 1 atom stereocenters. The first-order valence-corrected chi connectivity index (χ1v) is 7.93. The van der Waals surface area contributed by atoms with Crippen molar-refractivity contribution in [1.29, 1.82) is 0 Å². The van der Waals surface area contributed by atoms with Gasteiger partial charge in [0.05, 0.1) is 6.42 Å². The summed E-state index contributed by atoms with van der Waals surface area (Å²) in [6, 6.07) is 9.09. The van der Waals surface area contributed by atoms with E-state index in [2.05, 4.69) is 10.3 Å². The molecule has 1 aromatic heterocycles. The first-order chi connectivity index (χ1) is 12.4. The van der Waals surface area contributed by atoms with Crippen LogP contribution in [0.1, 0.15) is 23.0 Å². The molecular weight excluding hydrogens is 340 g/mol. The maximum Gasteiger partial charge on any atom is 0.225 e. The molecule has 0 saturated heterocycles. The van der Waals surface area contributed by atoms with E-state index >= 15 is 0 Å². The number of benzene rings is 2. The van der Waals surface area contributed by atoms with Gasteiger partial charge in [0.15, 0.2) is 11.6 Å². The number of imidazole rings is 1. The smallest absolute Gasteiger partial charge is 0.225 e. The van der Waals surface area contributed by atoms with Crippen molar-refractivity contribution in [2.75, 3.05) is 0 Å². The van der Waals surface area contributed by atoms with E-state index in [-0.39, 0.29) is 18.1 Å². The lowest BCUT2D eigenvalue weighted by Crippen LogP contribution is -2.32. The number of rotatable bonds is 5. The van der Waals surface area contributed by atoms with Crippen LogP contribution in [-0.4, -0.2) is 20.6 Å². The van der Waals surface area contributed by atoms with E-state index in [0.717, 1.165) is 12.1 Å². The SMILES string of the molecule is Cn1ccnc1[C@H](NC(=O)Cc1cccc(O)c1)c1ccc(F)c(F)c1. The third-order valence-corrected chi connectivity index (χ3v) is 3.97. The Hall–Kier alpha value is -3.22. The molecule has 7 heteroatoms. The highest BCUT2D eigenvalue weighted by atomic mass is 19.2. The molecule has 0 saturated carbocycles. The monoisotopic (exact) mass is 357 g/mol. The number of hydrogen-bond donors (Lipinski definition) is 2. The minimum absolute atomic E-state index is 0.0268. The minimum atomic E-state index is -0.996. The highest BCUT2D eigenvalue weighted by molar-refractivity contribution is 5.79. The Morgan fingerprint density at radius 2 is 2.04 bits per heavy atom. The van der Waals surface area contributed by atoms with Crippen molar-refractivity contribution in [2.24, 2.45) is 7.05 Å². The fourth-order valence-corrected chi connectivity index (χ4v) is 2.71. The lowest BCUT2D eigenvalue weighted by atomic mass is 10.0. The molecule has 0 aliphatic heterocycles. The first-order valence-electron chi connectivity index (χ1n) is 7.93. The van der Waals surface area contributed by atoms with Crippen LogP contribution in [0.3, 0.4) is 0 Å². The average Bonchev–Trinajstić information content (AvgIpc) is 3.01. The van der Waals surface area contributed by atoms with Crippen molar-refractivity contribution >= 4 is 5.91 Å². The van der Waals surface area contributed by atoms with Gasteiger partial charge in [-0.1, -0.05) is 18.2 Å². The number of aromatic nitrogens is 2. The predicted molar refractivity (Wildman–Crippen MR) is 91.4 cm³/mol. The van der Waals surface area contributed by atoms with Crippen LogP contribution in [0.2, 0.25) is 0 Å². The number of amides is 1. The van der Waals surface area contributed by atoms with Crippen LogP contribution in [0.4, 0.5) is 8.78 Å². The molecular formula is C19H17F2N3O2. The summed E-state index contributed by atoms with van der Waals surface area (Å²) >= 11 is 0. The molecule has 5 nitrogen and oxygen atoms in total. The topological polar surface area (TPSA) is 67.2 Å². The number of aryl methyl sites for hydroxylation is 1. The van der Waals surface area contributed by atoms with Crippen molar-refractivity contribution in [3.05, 3.63) is 83.4 Å². The lowest BCUT2D eigenvalue weighted by Gasteiger charge is -2.19. The molecule has 0 fully saturated rings. The Kier molecular flexibility index (Phi) is 4.97. The Morgan fingerprint density at radius 3 is 2.69 bits per heavy atom. The molecule has 0 spiro atoms. The molecule has 0 aliphatic carbocycles. The summed E-state index contributed by atoms with van der Waals surface area (Å²) in [6.07, 6.45) is 3.28. The van der Waals surface area contributed by atoms with Crippen LogP contribution in [0, 0.1) is 11.6 Å². The van der Waals surface area contributed by atoms with Gasteiger partial charge < -0.3 is 15.0 Å². The van der Waals surface area contributed by atoms with Gasteiger partial charge in [-0.3, -0.25) is 4.79 Å². The van der Waals surface area contributed by atoms with Gasteiger partial charge in [0, 0.05) is 19.4 Å². The van der Waals surface area contributed by atoms with E-state index < -0.39 is 17.7 Å². The zero-order valence-corrected chi connectivity index (χ0v) is 14.0. The van der Waals surface area contributed by atoms with Gasteiger partial charge in [0.25, 0.3) is 0 Å². The molecule has 1 heterocycles. The van der Waals surface area contributed by atoms with Crippen LogP contribution in [0.15, 0.2) is 54.9 Å². The third kappa shape index (κ3) is 3.88. The number of phenols is 1. The summed E-state index contributed by atoms with van der Waals surface area (Å²) in [4.78, 5) is 16.7. The Balaban J connectivity index is 1.87. The minimum Gasteiger partial charge on any atom is -0.508 e. The Morgan fingerprint density at radius 1 is 1.23 bits per heavy atom. The van der Waals surface area contributed by atoms with E-state index in [1.807, 2.05) is 0 Å². The van der Waals surface area contributed by atoms with Gasteiger partial charge in [-0.05, 0) is 35.4 Å². The third-order valence-electron chi connectivity index (χ3n) is 3.97. The Bertz CT molecular complexity index is 940. The first kappa shape index (κ1) is 17.6. The van der Waals surface area contributed by atoms with Gasteiger partial charge in [0.2, 0.25) is 5.91 Å². The van der Waals surface area contributed by atoms with Crippen LogP contribution in [0.5, 0.6) is 5.75 Å². The summed E-state index contributed by atoms with van der Waals surface area (Å²) in [7, 11) is 1.75. The quantitative estimate of drug-likeness (QED) is 0.738. The van der Waals surface area contributed by atoms with Gasteiger partial charge in [-0.15, -0.1) is 0 Å². The number of carbonyl (C=O) groups excluding carboxylic acids is 1. The molecule has 26 heavy (non-hydrogen) atoms. The largest absolute Gasteiger partial charge is 0.508 e. The molecule has 0 aliphatic rings. The molecule has 134 valence electrons. The number of halogens is 2. The second kappa shape index (κ2) is 7.35. The predicted octanol–water partition coefficient (Wildman–Crippen LogP) is 2.85. The second-order valence-corrected chi connectivity index (χ2v) is 5.92. The summed E-state index contributed by atoms with van der Waals surface area (Å²) in [6.45, 7) is 0. The van der Waals surface area contributed by atoms with E-state index in [9.17, 15) is 18.7 Å². The lowest BCUT2D eigenvalue weighted by molar-refractivity contribution is -0.121. The molecule has 0 unspecified atom stereocenters. The summed E-state index contributed by atoms with van der Waals surface area (Å²) in [5.74, 6) is -1.74. The van der Waals surface area contributed by atoms with Gasteiger partial charge in [0.1, 0.15) is 17.6 Å². The van der Waals surface area contributed by atoms with Crippen molar-refractivity contribution < 1.29 is 18.7 Å². The molecule has 3 rings (SSSR count). The standard InChI is InChI=1S/C19H17F2N3O2/c1-24-8-7-22-19(24)18(13-5-6-15(20)16(21)11-13)23-17(26)10-12-3-2-4-14(25)9-12/h2-9,11,18,25H,10H2,1H3,(H,23,26)/t18-/m1/s1. The fourth-order valence-electron chi connectivity index (χ4n) is 2.71. The summed E-state index contributed by atoms with van der Waals surface area (Å²) in [5.41, 5.74) is 1.01. The number of nitrogens with one attached hydrogen (secondary N) is 1. The maximum absolute atomic E-state index is 13.7. The van der Waals surface area contributed by atoms with Gasteiger partial charge in [-0.25, -0.2) is 13.8 Å². The van der Waals surface area contributed by atoms with E-state index in [0.29, 0.717) is 17.0 Å². The van der Waals surface area contributed by atoms with Crippen LogP contribution >= 0.6 is 0 Å². The number of carbonyl (C=O) groups is 1. The number of nitrogens with zero attached hydrogens (tertiary/aromatic N) is 2. The Labute approximate surface area is 148 Å². The summed E-state index contributed by atoms with van der Waals surface area (Å²) < 4.78 is 28.6. The number of aromatic hydroxyl groups is 1. The van der Waals surface area contributed by atoms with E-state index in [1.54, 1.807) is 36.1 Å². The molecule has 1 amide bonds. The molecule has 2 aromatic carbocycles. The van der Waals surface area contributed by atoms with Gasteiger partial charge >= 0.3 is 0 Å². The van der Waals surface area contributed by atoms with E-state index in [1.165, 1.54) is 18.2 Å². The second-order valence-electron chi connectivity index (χ2n) is 5.92. The number of phenolic OH excluding ortho intramolecular Hbond substituents is 1. The summed E-state index contributed by atoms with van der Waals surface area (Å²) in [5, 5.41) is 12.3. The van der Waals surface area contributed by atoms with Crippen LogP contribution < -0.4 is 5.32 Å². The molecule has 0 radical (unpaired) electrons. The highest BCUT2D eigenvalue weighted by Gasteiger charge is 2.22. The average molecular weight is 357 g/mol. The van der Waals surface area contributed by atoms with E-state index in [4.69, 9.17) is 0 Å². The van der Waals surface area contributed by atoms with Crippen molar-refractivity contribution in [2.45, 2.75) is 12.5 Å². The fraction of sp³-hybridized carbons (Fsp3) is 0.158. The number of hydrogen-bond acceptors (Lipinski definition) is 3. The van der Waals surface area contributed by atoms with Crippen molar-refractivity contribution in [3.63, 3.8) is 0 Å². The van der Waals surface area contributed by atoms with Crippen LogP contribution in [-0.2, 0) is 18.3 Å². The highest BCUT2D eigenvalue weighted by Crippen LogP contribution is 2.23.